The summed E-state index contributed by atoms with van der Waals surface area (Å²) in [5, 5.41) is 1.24. The number of halogens is 2. The average Bonchev–Trinajstić information content (AvgIpc) is 3.34. The van der Waals surface area contributed by atoms with Crippen LogP contribution in [0.4, 0.5) is 8.78 Å². The van der Waals surface area contributed by atoms with Crippen molar-refractivity contribution in [2.45, 2.75) is 65.7 Å². The van der Waals surface area contributed by atoms with Crippen molar-refractivity contribution in [3.05, 3.63) is 104 Å². The molecule has 1 atom stereocenters. The highest BCUT2D eigenvalue weighted by Gasteiger charge is 2.24. The molecule has 3 heteroatoms. The molecule has 1 heterocycles. The summed E-state index contributed by atoms with van der Waals surface area (Å²) in [6.45, 7) is 6.41. The van der Waals surface area contributed by atoms with E-state index >= 15 is 4.39 Å². The fourth-order valence-corrected chi connectivity index (χ4v) is 6.39. The Balaban J connectivity index is 1.39. The standard InChI is InChI=1S/C35H32F2S/c1-4-7-23-10-15-31-28(19-23)22-33(36)32(35(31)37)16-11-24-8-13-27(26(5-2)18-24)14-9-25-12-17-34-29(20-25)21-30(6-3)38-34/h8,12-13,17-18,20-23H,4-7,10,15,19H2,1-3H3. The number of benzene rings is 3. The van der Waals surface area contributed by atoms with Crippen molar-refractivity contribution in [1.29, 1.82) is 0 Å². The van der Waals surface area contributed by atoms with Crippen molar-refractivity contribution in [3.63, 3.8) is 0 Å². The van der Waals surface area contributed by atoms with E-state index in [0.29, 0.717) is 17.9 Å². The molecular weight excluding hydrogens is 490 g/mol. The predicted octanol–water partition coefficient (Wildman–Crippen LogP) is 9.01. The second kappa shape index (κ2) is 11.6. The number of aryl methyl sites for hydroxylation is 2. The van der Waals surface area contributed by atoms with Crippen LogP contribution in [0.15, 0.2) is 48.5 Å². The Morgan fingerprint density at radius 3 is 2.45 bits per heavy atom. The van der Waals surface area contributed by atoms with Gasteiger partial charge in [-0.2, -0.15) is 0 Å². The molecule has 0 saturated carbocycles. The summed E-state index contributed by atoms with van der Waals surface area (Å²) in [4.78, 5) is 1.38. The van der Waals surface area contributed by atoms with Gasteiger partial charge in [0.25, 0.3) is 0 Å². The lowest BCUT2D eigenvalue weighted by Gasteiger charge is -2.25. The van der Waals surface area contributed by atoms with Gasteiger partial charge in [-0.15, -0.1) is 11.3 Å². The van der Waals surface area contributed by atoms with Crippen molar-refractivity contribution < 1.29 is 8.78 Å². The second-order valence-electron chi connectivity index (χ2n) is 10.1. The van der Waals surface area contributed by atoms with Crippen LogP contribution in [0.2, 0.25) is 0 Å². The Kier molecular flexibility index (Phi) is 7.97. The van der Waals surface area contributed by atoms with Crippen LogP contribution in [0.25, 0.3) is 10.1 Å². The maximum atomic E-state index is 15.3. The lowest BCUT2D eigenvalue weighted by Crippen LogP contribution is -2.17. The van der Waals surface area contributed by atoms with E-state index in [9.17, 15) is 4.39 Å². The van der Waals surface area contributed by atoms with Crippen LogP contribution in [0.5, 0.6) is 0 Å². The molecule has 3 aromatic carbocycles. The summed E-state index contributed by atoms with van der Waals surface area (Å²) in [5.41, 5.74) is 5.09. The van der Waals surface area contributed by atoms with Gasteiger partial charge in [-0.05, 0) is 109 Å². The fourth-order valence-electron chi connectivity index (χ4n) is 5.40. The molecule has 1 aliphatic rings. The van der Waals surface area contributed by atoms with E-state index in [2.05, 4.69) is 68.7 Å². The highest BCUT2D eigenvalue weighted by Crippen LogP contribution is 2.32. The minimum Gasteiger partial charge on any atom is -0.206 e. The van der Waals surface area contributed by atoms with E-state index < -0.39 is 11.6 Å². The Bertz CT molecular complexity index is 1620. The van der Waals surface area contributed by atoms with Gasteiger partial charge in [-0.1, -0.05) is 57.3 Å². The first-order valence-electron chi connectivity index (χ1n) is 13.7. The topological polar surface area (TPSA) is 0 Å². The first kappa shape index (κ1) is 26.2. The third kappa shape index (κ3) is 5.55. The number of rotatable bonds is 4. The highest BCUT2D eigenvalue weighted by atomic mass is 32.1. The maximum Gasteiger partial charge on any atom is 0.145 e. The van der Waals surface area contributed by atoms with Crippen molar-refractivity contribution in [1.82, 2.24) is 0 Å². The molecule has 192 valence electrons. The zero-order valence-electron chi connectivity index (χ0n) is 22.3. The normalized spacial score (nSPS) is 14.4. The molecule has 0 bridgehead atoms. The molecule has 0 aliphatic heterocycles. The number of thiophene rings is 1. The van der Waals surface area contributed by atoms with Gasteiger partial charge < -0.3 is 0 Å². The summed E-state index contributed by atoms with van der Waals surface area (Å²) in [7, 11) is 0. The molecule has 0 saturated heterocycles. The Labute approximate surface area is 229 Å². The monoisotopic (exact) mass is 522 g/mol. The first-order chi connectivity index (χ1) is 18.5. The quantitative estimate of drug-likeness (QED) is 0.235. The molecule has 0 spiro atoms. The predicted molar refractivity (Wildman–Crippen MR) is 156 cm³/mol. The van der Waals surface area contributed by atoms with Crippen molar-refractivity contribution in [2.24, 2.45) is 5.92 Å². The Morgan fingerprint density at radius 2 is 1.66 bits per heavy atom. The van der Waals surface area contributed by atoms with Crippen molar-refractivity contribution in [3.8, 4) is 23.7 Å². The van der Waals surface area contributed by atoms with Gasteiger partial charge in [0, 0.05) is 26.3 Å². The molecule has 1 unspecified atom stereocenters. The van der Waals surface area contributed by atoms with E-state index in [1.54, 1.807) is 0 Å². The molecular formula is C35H32F2S. The Morgan fingerprint density at radius 1 is 0.868 bits per heavy atom. The molecule has 5 rings (SSSR count). The average molecular weight is 523 g/mol. The zero-order valence-corrected chi connectivity index (χ0v) is 23.1. The first-order valence-corrected chi connectivity index (χ1v) is 14.5. The SMILES string of the molecule is CCCC1CCc2c(cc(F)c(C#Cc3ccc(C#Cc4ccc5sc(CC)cc5c4)c(CC)c3)c2F)C1. The van der Waals surface area contributed by atoms with E-state index in [-0.39, 0.29) is 5.56 Å². The summed E-state index contributed by atoms with van der Waals surface area (Å²) in [6.07, 6.45) is 6.42. The summed E-state index contributed by atoms with van der Waals surface area (Å²) in [5.74, 6) is 11.9. The van der Waals surface area contributed by atoms with Crippen LogP contribution in [-0.4, -0.2) is 0 Å². The fraction of sp³-hybridized carbons (Fsp3) is 0.314. The van der Waals surface area contributed by atoms with Crippen molar-refractivity contribution >= 4 is 21.4 Å². The molecule has 1 aromatic heterocycles. The smallest absolute Gasteiger partial charge is 0.145 e. The van der Waals surface area contributed by atoms with Crippen LogP contribution in [0, 0.1) is 41.2 Å². The van der Waals surface area contributed by atoms with E-state index in [1.807, 2.05) is 29.5 Å². The third-order valence-corrected chi connectivity index (χ3v) is 8.76. The van der Waals surface area contributed by atoms with E-state index in [1.165, 1.54) is 21.0 Å². The van der Waals surface area contributed by atoms with Gasteiger partial charge in [0.1, 0.15) is 11.6 Å². The van der Waals surface area contributed by atoms with E-state index in [0.717, 1.165) is 66.3 Å². The lowest BCUT2D eigenvalue weighted by molar-refractivity contribution is 0.411. The summed E-state index contributed by atoms with van der Waals surface area (Å²) >= 11 is 1.83. The van der Waals surface area contributed by atoms with Gasteiger partial charge in [0.2, 0.25) is 0 Å². The van der Waals surface area contributed by atoms with Crippen LogP contribution in [0.3, 0.4) is 0 Å². The largest absolute Gasteiger partial charge is 0.206 e. The van der Waals surface area contributed by atoms with Crippen molar-refractivity contribution in [2.75, 3.05) is 0 Å². The minimum absolute atomic E-state index is 0.116. The van der Waals surface area contributed by atoms with Gasteiger partial charge in [-0.3, -0.25) is 0 Å². The second-order valence-corrected chi connectivity index (χ2v) is 11.3. The summed E-state index contributed by atoms with van der Waals surface area (Å²) in [6, 6.07) is 15.9. The molecule has 0 N–H and O–H groups in total. The maximum absolute atomic E-state index is 15.3. The Hall–Kier alpha value is -3.40. The number of hydrogen-bond acceptors (Lipinski definition) is 1. The van der Waals surface area contributed by atoms with Gasteiger partial charge in [0.15, 0.2) is 0 Å². The molecule has 4 aromatic rings. The van der Waals surface area contributed by atoms with E-state index in [4.69, 9.17) is 0 Å². The van der Waals surface area contributed by atoms with Gasteiger partial charge in [0.05, 0.1) is 5.56 Å². The number of hydrogen-bond donors (Lipinski definition) is 0. The molecule has 38 heavy (non-hydrogen) atoms. The summed E-state index contributed by atoms with van der Waals surface area (Å²) < 4.78 is 31.4. The van der Waals surface area contributed by atoms with Gasteiger partial charge in [-0.25, -0.2) is 8.78 Å². The lowest BCUT2D eigenvalue weighted by atomic mass is 9.81. The zero-order chi connectivity index (χ0) is 26.6. The molecule has 1 aliphatic carbocycles. The minimum atomic E-state index is -0.558. The molecule has 0 radical (unpaired) electrons. The highest BCUT2D eigenvalue weighted by molar-refractivity contribution is 7.19. The van der Waals surface area contributed by atoms with Crippen LogP contribution >= 0.6 is 11.3 Å². The van der Waals surface area contributed by atoms with Crippen LogP contribution < -0.4 is 0 Å². The van der Waals surface area contributed by atoms with Crippen LogP contribution in [0.1, 0.15) is 83.9 Å². The van der Waals surface area contributed by atoms with Gasteiger partial charge >= 0.3 is 0 Å². The molecule has 0 nitrogen and oxygen atoms in total. The number of fused-ring (bicyclic) bond motifs is 2. The molecule has 0 fully saturated rings. The third-order valence-electron chi connectivity index (χ3n) is 7.50. The van der Waals surface area contributed by atoms with Crippen LogP contribution in [-0.2, 0) is 25.7 Å². The molecule has 0 amide bonds.